The molecule has 0 saturated carbocycles. The monoisotopic (exact) mass is 261 g/mol. The molecule has 1 aliphatic rings. The van der Waals surface area contributed by atoms with Crippen LogP contribution in [-0.4, -0.2) is 50.6 Å². The van der Waals surface area contributed by atoms with E-state index >= 15 is 0 Å². The summed E-state index contributed by atoms with van der Waals surface area (Å²) in [5.41, 5.74) is 2.33. The molecule has 0 spiro atoms. The Morgan fingerprint density at radius 2 is 2.00 bits per heavy atom. The molecule has 1 aromatic carbocycles. The predicted octanol–water partition coefficient (Wildman–Crippen LogP) is 1.25. The van der Waals surface area contributed by atoms with Crippen LogP contribution in [0, 0.1) is 6.92 Å². The van der Waals surface area contributed by atoms with Crippen molar-refractivity contribution in [3.05, 3.63) is 29.8 Å². The number of likely N-dealkylation sites (N-methyl/N-ethyl adjacent to an activating group) is 1. The lowest BCUT2D eigenvalue weighted by Crippen LogP contribution is -2.40. The highest BCUT2D eigenvalue weighted by atomic mass is 16.2. The number of amides is 1. The molecule has 0 atom stereocenters. The molecular formula is C15H23N3O. The van der Waals surface area contributed by atoms with Gasteiger partial charge in [0.25, 0.3) is 0 Å². The Labute approximate surface area is 115 Å². The Balaban J connectivity index is 1.92. The van der Waals surface area contributed by atoms with Gasteiger partial charge in [-0.05, 0) is 32.0 Å². The standard InChI is InChI=1S/C15H23N3O/c1-13-4-6-14(7-5-13)17(2)12-15(19)18-10-3-8-16-9-11-18/h4-7,16H,3,8-12H2,1-2H3. The zero-order chi connectivity index (χ0) is 13.7. The summed E-state index contributed by atoms with van der Waals surface area (Å²) < 4.78 is 0. The maximum atomic E-state index is 12.3. The van der Waals surface area contributed by atoms with Gasteiger partial charge in [-0.3, -0.25) is 4.79 Å². The minimum atomic E-state index is 0.215. The van der Waals surface area contributed by atoms with Crippen molar-refractivity contribution in [3.8, 4) is 0 Å². The molecule has 0 aromatic heterocycles. The third-order valence-electron chi connectivity index (χ3n) is 3.54. The molecule has 1 saturated heterocycles. The number of carbonyl (C=O) groups is 1. The molecule has 0 unspecified atom stereocenters. The Kier molecular flexibility index (Phi) is 4.80. The number of aryl methyl sites for hydroxylation is 1. The summed E-state index contributed by atoms with van der Waals surface area (Å²) in [5.74, 6) is 0.215. The summed E-state index contributed by atoms with van der Waals surface area (Å²) in [6.07, 6.45) is 1.04. The van der Waals surface area contributed by atoms with Crippen molar-refractivity contribution in [2.75, 3.05) is 44.7 Å². The van der Waals surface area contributed by atoms with E-state index in [1.807, 2.05) is 16.8 Å². The lowest BCUT2D eigenvalue weighted by molar-refractivity contribution is -0.129. The van der Waals surface area contributed by atoms with E-state index in [0.29, 0.717) is 6.54 Å². The molecule has 1 heterocycles. The molecule has 0 aliphatic carbocycles. The van der Waals surface area contributed by atoms with Crippen LogP contribution in [0.25, 0.3) is 0 Å². The molecule has 4 nitrogen and oxygen atoms in total. The highest BCUT2D eigenvalue weighted by molar-refractivity contribution is 5.81. The van der Waals surface area contributed by atoms with Crippen molar-refractivity contribution in [2.45, 2.75) is 13.3 Å². The van der Waals surface area contributed by atoms with Crippen molar-refractivity contribution >= 4 is 11.6 Å². The minimum Gasteiger partial charge on any atom is -0.365 e. The highest BCUT2D eigenvalue weighted by Crippen LogP contribution is 2.13. The largest absolute Gasteiger partial charge is 0.365 e. The third kappa shape index (κ3) is 3.96. The lowest BCUT2D eigenvalue weighted by atomic mass is 10.2. The number of anilines is 1. The summed E-state index contributed by atoms with van der Waals surface area (Å²) >= 11 is 0. The van der Waals surface area contributed by atoms with Crippen LogP contribution in [0.5, 0.6) is 0 Å². The number of hydrogen-bond acceptors (Lipinski definition) is 3. The Hall–Kier alpha value is -1.55. The van der Waals surface area contributed by atoms with E-state index in [1.54, 1.807) is 0 Å². The molecule has 1 aliphatic heterocycles. The fourth-order valence-corrected chi connectivity index (χ4v) is 2.29. The van der Waals surface area contributed by atoms with E-state index in [4.69, 9.17) is 0 Å². The smallest absolute Gasteiger partial charge is 0.242 e. The number of rotatable bonds is 3. The lowest BCUT2D eigenvalue weighted by Gasteiger charge is -2.25. The second kappa shape index (κ2) is 6.57. The second-order valence-corrected chi connectivity index (χ2v) is 5.18. The SMILES string of the molecule is Cc1ccc(N(C)CC(=O)N2CCCNCC2)cc1. The molecular weight excluding hydrogens is 238 g/mol. The minimum absolute atomic E-state index is 0.215. The number of benzene rings is 1. The van der Waals surface area contributed by atoms with Gasteiger partial charge in [-0.2, -0.15) is 0 Å². The van der Waals surface area contributed by atoms with Crippen molar-refractivity contribution in [1.29, 1.82) is 0 Å². The molecule has 1 N–H and O–H groups in total. The van der Waals surface area contributed by atoms with E-state index in [9.17, 15) is 4.79 Å². The van der Waals surface area contributed by atoms with Crippen LogP contribution in [-0.2, 0) is 4.79 Å². The molecule has 4 heteroatoms. The summed E-state index contributed by atoms with van der Waals surface area (Å²) in [5, 5.41) is 3.32. The fraction of sp³-hybridized carbons (Fsp3) is 0.533. The maximum absolute atomic E-state index is 12.3. The van der Waals surface area contributed by atoms with Crippen LogP contribution in [0.15, 0.2) is 24.3 Å². The quantitative estimate of drug-likeness (QED) is 0.889. The zero-order valence-corrected chi connectivity index (χ0v) is 11.9. The molecule has 0 bridgehead atoms. The molecule has 104 valence electrons. The van der Waals surface area contributed by atoms with Gasteiger partial charge in [0.05, 0.1) is 6.54 Å². The zero-order valence-electron chi connectivity index (χ0n) is 11.9. The van der Waals surface area contributed by atoms with Crippen molar-refractivity contribution < 1.29 is 4.79 Å². The van der Waals surface area contributed by atoms with Crippen molar-refractivity contribution in [2.24, 2.45) is 0 Å². The van der Waals surface area contributed by atoms with E-state index < -0.39 is 0 Å². The van der Waals surface area contributed by atoms with Crippen LogP contribution in [0.4, 0.5) is 5.69 Å². The maximum Gasteiger partial charge on any atom is 0.242 e. The third-order valence-corrected chi connectivity index (χ3v) is 3.54. The number of nitrogens with one attached hydrogen (secondary N) is 1. The van der Waals surface area contributed by atoms with E-state index in [-0.39, 0.29) is 5.91 Å². The second-order valence-electron chi connectivity index (χ2n) is 5.18. The van der Waals surface area contributed by atoms with Crippen LogP contribution in [0.2, 0.25) is 0 Å². The first kappa shape index (κ1) is 13.9. The van der Waals surface area contributed by atoms with Gasteiger partial charge in [-0.25, -0.2) is 0 Å². The first-order valence-electron chi connectivity index (χ1n) is 6.93. The van der Waals surface area contributed by atoms with Gasteiger partial charge in [-0.1, -0.05) is 17.7 Å². The normalized spacial score (nSPS) is 16.0. The first-order chi connectivity index (χ1) is 9.16. The fourth-order valence-electron chi connectivity index (χ4n) is 2.29. The Bertz CT molecular complexity index is 408. The molecule has 2 rings (SSSR count). The van der Waals surface area contributed by atoms with Gasteiger partial charge in [0.15, 0.2) is 0 Å². The number of carbonyl (C=O) groups excluding carboxylic acids is 1. The van der Waals surface area contributed by atoms with Crippen LogP contribution < -0.4 is 10.2 Å². The topological polar surface area (TPSA) is 35.6 Å². The van der Waals surface area contributed by atoms with E-state index in [0.717, 1.165) is 38.3 Å². The number of hydrogen-bond donors (Lipinski definition) is 1. The van der Waals surface area contributed by atoms with Gasteiger partial charge < -0.3 is 15.1 Å². The number of nitrogens with zero attached hydrogens (tertiary/aromatic N) is 2. The van der Waals surface area contributed by atoms with Crippen LogP contribution in [0.1, 0.15) is 12.0 Å². The van der Waals surface area contributed by atoms with E-state index in [2.05, 4.69) is 36.5 Å². The molecule has 1 amide bonds. The van der Waals surface area contributed by atoms with Crippen LogP contribution in [0.3, 0.4) is 0 Å². The summed E-state index contributed by atoms with van der Waals surface area (Å²) in [6.45, 7) is 6.12. The van der Waals surface area contributed by atoms with Crippen molar-refractivity contribution in [3.63, 3.8) is 0 Å². The summed E-state index contributed by atoms with van der Waals surface area (Å²) in [4.78, 5) is 16.2. The molecule has 19 heavy (non-hydrogen) atoms. The van der Waals surface area contributed by atoms with Gasteiger partial charge >= 0.3 is 0 Å². The molecule has 1 aromatic rings. The predicted molar refractivity (Wildman–Crippen MR) is 78.5 cm³/mol. The molecule has 0 radical (unpaired) electrons. The average molecular weight is 261 g/mol. The van der Waals surface area contributed by atoms with E-state index in [1.165, 1.54) is 5.56 Å². The van der Waals surface area contributed by atoms with Gasteiger partial charge in [-0.15, -0.1) is 0 Å². The summed E-state index contributed by atoms with van der Waals surface area (Å²) in [7, 11) is 1.97. The van der Waals surface area contributed by atoms with Crippen LogP contribution >= 0.6 is 0 Å². The van der Waals surface area contributed by atoms with Gasteiger partial charge in [0, 0.05) is 32.4 Å². The van der Waals surface area contributed by atoms with Crippen molar-refractivity contribution in [1.82, 2.24) is 10.2 Å². The van der Waals surface area contributed by atoms with Gasteiger partial charge in [0.2, 0.25) is 5.91 Å². The van der Waals surface area contributed by atoms with Gasteiger partial charge in [0.1, 0.15) is 0 Å². The molecule has 1 fully saturated rings. The Morgan fingerprint density at radius 1 is 1.26 bits per heavy atom. The highest BCUT2D eigenvalue weighted by Gasteiger charge is 2.16. The first-order valence-corrected chi connectivity index (χ1v) is 6.93. The average Bonchev–Trinajstić information content (AvgIpc) is 2.68. The summed E-state index contributed by atoms with van der Waals surface area (Å²) in [6, 6.07) is 8.28. The Morgan fingerprint density at radius 3 is 2.74 bits per heavy atom.